The summed E-state index contributed by atoms with van der Waals surface area (Å²) in [7, 11) is 0. The standard InChI is InChI=1S/C14H20FN/c1-14(2)8-10(6-7-16)11-4-3-5-13(15)12(11)9-14/h3-5,10H,6-9,16H2,1-2H3. The molecule has 88 valence electrons. The average molecular weight is 221 g/mol. The summed E-state index contributed by atoms with van der Waals surface area (Å²) in [6, 6.07) is 5.45. The summed E-state index contributed by atoms with van der Waals surface area (Å²) in [5.74, 6) is 0.381. The van der Waals surface area contributed by atoms with Gasteiger partial charge in [-0.05, 0) is 54.3 Å². The number of rotatable bonds is 2. The SMILES string of the molecule is CC1(C)Cc2c(F)cccc2C(CCN)C1. The molecule has 2 rings (SSSR count). The lowest BCUT2D eigenvalue weighted by atomic mass is 9.68. The van der Waals surface area contributed by atoms with Gasteiger partial charge in [0.15, 0.2) is 0 Å². The zero-order valence-corrected chi connectivity index (χ0v) is 10.1. The Morgan fingerprint density at radius 3 is 2.88 bits per heavy atom. The summed E-state index contributed by atoms with van der Waals surface area (Å²) in [6.07, 6.45) is 2.91. The molecule has 0 saturated heterocycles. The molecule has 0 amide bonds. The molecule has 0 spiro atoms. The van der Waals surface area contributed by atoms with E-state index in [1.807, 2.05) is 6.07 Å². The minimum Gasteiger partial charge on any atom is -0.330 e. The summed E-state index contributed by atoms with van der Waals surface area (Å²) in [5.41, 5.74) is 7.94. The second-order valence-electron chi connectivity index (χ2n) is 5.63. The van der Waals surface area contributed by atoms with Crippen LogP contribution in [-0.2, 0) is 6.42 Å². The van der Waals surface area contributed by atoms with Crippen LogP contribution in [0.15, 0.2) is 18.2 Å². The molecule has 0 aliphatic heterocycles. The molecule has 0 aromatic heterocycles. The van der Waals surface area contributed by atoms with E-state index in [-0.39, 0.29) is 11.2 Å². The molecule has 1 nitrogen and oxygen atoms in total. The Bertz CT molecular complexity index is 384. The van der Waals surface area contributed by atoms with Crippen LogP contribution in [0.25, 0.3) is 0 Å². The smallest absolute Gasteiger partial charge is 0.126 e. The van der Waals surface area contributed by atoms with Crippen LogP contribution in [0, 0.1) is 11.2 Å². The van der Waals surface area contributed by atoms with Gasteiger partial charge < -0.3 is 5.73 Å². The lowest BCUT2D eigenvalue weighted by molar-refractivity contribution is 0.269. The summed E-state index contributed by atoms with van der Waals surface area (Å²) < 4.78 is 13.8. The highest BCUT2D eigenvalue weighted by Gasteiger charge is 2.32. The maximum Gasteiger partial charge on any atom is 0.126 e. The van der Waals surface area contributed by atoms with Crippen molar-refractivity contribution >= 4 is 0 Å². The van der Waals surface area contributed by atoms with Crippen molar-refractivity contribution in [3.05, 3.63) is 35.1 Å². The molecule has 1 unspecified atom stereocenters. The second-order valence-corrected chi connectivity index (χ2v) is 5.63. The summed E-state index contributed by atoms with van der Waals surface area (Å²) in [6.45, 7) is 5.11. The van der Waals surface area contributed by atoms with Gasteiger partial charge in [0, 0.05) is 0 Å². The fourth-order valence-electron chi connectivity index (χ4n) is 2.93. The van der Waals surface area contributed by atoms with Crippen molar-refractivity contribution in [1.82, 2.24) is 0 Å². The van der Waals surface area contributed by atoms with Crippen LogP contribution >= 0.6 is 0 Å². The van der Waals surface area contributed by atoms with E-state index in [1.54, 1.807) is 6.07 Å². The van der Waals surface area contributed by atoms with E-state index in [9.17, 15) is 4.39 Å². The van der Waals surface area contributed by atoms with Crippen LogP contribution < -0.4 is 5.73 Å². The third-order valence-electron chi connectivity index (χ3n) is 3.56. The number of hydrogen-bond donors (Lipinski definition) is 1. The van der Waals surface area contributed by atoms with Crippen molar-refractivity contribution < 1.29 is 4.39 Å². The maximum absolute atomic E-state index is 13.8. The van der Waals surface area contributed by atoms with E-state index in [4.69, 9.17) is 5.73 Å². The molecular formula is C14H20FN. The predicted molar refractivity (Wildman–Crippen MR) is 64.9 cm³/mol. The lowest BCUT2D eigenvalue weighted by Crippen LogP contribution is -2.27. The van der Waals surface area contributed by atoms with Crippen LogP contribution in [0.3, 0.4) is 0 Å². The first-order chi connectivity index (χ1) is 7.53. The van der Waals surface area contributed by atoms with Crippen LogP contribution in [0.1, 0.15) is 43.7 Å². The van der Waals surface area contributed by atoms with Gasteiger partial charge in [-0.1, -0.05) is 26.0 Å². The van der Waals surface area contributed by atoms with E-state index in [2.05, 4.69) is 19.9 Å². The summed E-state index contributed by atoms with van der Waals surface area (Å²) in [4.78, 5) is 0. The van der Waals surface area contributed by atoms with Gasteiger partial charge in [0.25, 0.3) is 0 Å². The van der Waals surface area contributed by atoms with E-state index < -0.39 is 0 Å². The predicted octanol–water partition coefficient (Wildman–Crippen LogP) is 3.23. The minimum atomic E-state index is -0.0488. The van der Waals surface area contributed by atoms with E-state index >= 15 is 0 Å². The van der Waals surface area contributed by atoms with Gasteiger partial charge in [0.1, 0.15) is 5.82 Å². The zero-order chi connectivity index (χ0) is 11.8. The van der Waals surface area contributed by atoms with Crippen molar-refractivity contribution in [2.24, 2.45) is 11.1 Å². The zero-order valence-electron chi connectivity index (χ0n) is 10.1. The van der Waals surface area contributed by atoms with Crippen LogP contribution in [-0.4, -0.2) is 6.54 Å². The molecule has 1 aromatic carbocycles. The van der Waals surface area contributed by atoms with Crippen molar-refractivity contribution in [3.63, 3.8) is 0 Å². The van der Waals surface area contributed by atoms with Crippen LogP contribution in [0.4, 0.5) is 4.39 Å². The molecule has 1 atom stereocenters. The molecule has 1 aliphatic rings. The number of nitrogens with two attached hydrogens (primary N) is 1. The first-order valence-electron chi connectivity index (χ1n) is 6.01. The van der Waals surface area contributed by atoms with E-state index in [0.717, 1.165) is 24.8 Å². The number of halogens is 1. The van der Waals surface area contributed by atoms with Crippen LogP contribution in [0.2, 0.25) is 0 Å². The number of benzene rings is 1. The summed E-state index contributed by atoms with van der Waals surface area (Å²) >= 11 is 0. The highest BCUT2D eigenvalue weighted by Crippen LogP contribution is 2.43. The molecule has 1 aliphatic carbocycles. The molecule has 0 radical (unpaired) electrons. The van der Waals surface area contributed by atoms with Crippen molar-refractivity contribution in [1.29, 1.82) is 0 Å². The molecule has 0 bridgehead atoms. The van der Waals surface area contributed by atoms with Gasteiger partial charge >= 0.3 is 0 Å². The van der Waals surface area contributed by atoms with E-state index in [1.165, 1.54) is 5.56 Å². The summed E-state index contributed by atoms with van der Waals surface area (Å²) in [5, 5.41) is 0. The fourth-order valence-corrected chi connectivity index (χ4v) is 2.93. The van der Waals surface area contributed by atoms with Gasteiger partial charge in [-0.25, -0.2) is 4.39 Å². The highest BCUT2D eigenvalue weighted by molar-refractivity contribution is 5.35. The molecule has 2 heteroatoms. The van der Waals surface area contributed by atoms with Gasteiger partial charge in [0.05, 0.1) is 0 Å². The quantitative estimate of drug-likeness (QED) is 0.815. The Kier molecular flexibility index (Phi) is 3.02. The van der Waals surface area contributed by atoms with Gasteiger partial charge in [-0.2, -0.15) is 0 Å². The van der Waals surface area contributed by atoms with Gasteiger partial charge in [-0.3, -0.25) is 0 Å². The third kappa shape index (κ3) is 2.12. The Hall–Kier alpha value is -0.890. The molecule has 0 saturated carbocycles. The Labute approximate surface area is 96.9 Å². The van der Waals surface area contributed by atoms with E-state index in [0.29, 0.717) is 12.5 Å². The molecular weight excluding hydrogens is 201 g/mol. The Morgan fingerprint density at radius 2 is 2.19 bits per heavy atom. The van der Waals surface area contributed by atoms with Crippen LogP contribution in [0.5, 0.6) is 0 Å². The maximum atomic E-state index is 13.8. The van der Waals surface area contributed by atoms with Gasteiger partial charge in [-0.15, -0.1) is 0 Å². The largest absolute Gasteiger partial charge is 0.330 e. The second kappa shape index (κ2) is 4.17. The Morgan fingerprint density at radius 1 is 1.44 bits per heavy atom. The molecule has 2 N–H and O–H groups in total. The lowest BCUT2D eigenvalue weighted by Gasteiger charge is -2.37. The topological polar surface area (TPSA) is 26.0 Å². The molecule has 0 heterocycles. The number of fused-ring (bicyclic) bond motifs is 1. The highest BCUT2D eigenvalue weighted by atomic mass is 19.1. The van der Waals surface area contributed by atoms with Crippen molar-refractivity contribution in [3.8, 4) is 0 Å². The first kappa shape index (κ1) is 11.6. The van der Waals surface area contributed by atoms with Crippen molar-refractivity contribution in [2.45, 2.75) is 39.0 Å². The first-order valence-corrected chi connectivity index (χ1v) is 6.01. The third-order valence-corrected chi connectivity index (χ3v) is 3.56. The molecule has 1 aromatic rings. The average Bonchev–Trinajstić information content (AvgIpc) is 2.19. The monoisotopic (exact) mass is 221 g/mol. The molecule has 16 heavy (non-hydrogen) atoms. The number of hydrogen-bond acceptors (Lipinski definition) is 1. The normalized spacial score (nSPS) is 22.9. The van der Waals surface area contributed by atoms with Gasteiger partial charge in [0.2, 0.25) is 0 Å². The Balaban J connectivity index is 2.42. The fraction of sp³-hybridized carbons (Fsp3) is 0.571. The molecule has 0 fully saturated rings. The van der Waals surface area contributed by atoms with Crippen molar-refractivity contribution in [2.75, 3.05) is 6.54 Å². The minimum absolute atomic E-state index is 0.0488.